The highest BCUT2D eigenvalue weighted by Gasteiger charge is 2.16. The van der Waals surface area contributed by atoms with E-state index in [1.165, 1.54) is 51.4 Å². The predicted molar refractivity (Wildman–Crippen MR) is 88.8 cm³/mol. The van der Waals surface area contributed by atoms with Crippen LogP contribution in [-0.4, -0.2) is 23.1 Å². The molecule has 0 radical (unpaired) electrons. The molecule has 0 saturated carbocycles. The minimum Gasteiger partial charge on any atom is -0.481 e. The van der Waals surface area contributed by atoms with Gasteiger partial charge in [-0.1, -0.05) is 71.3 Å². The maximum Gasteiger partial charge on any atom is 0.330 e. The number of esters is 1. The molecule has 0 saturated heterocycles. The van der Waals surface area contributed by atoms with Gasteiger partial charge in [0.25, 0.3) is 0 Å². The quantitative estimate of drug-likeness (QED) is 0.266. The first kappa shape index (κ1) is 20.7. The summed E-state index contributed by atoms with van der Waals surface area (Å²) in [4.78, 5) is 21.9. The SMILES string of the molecule is C=CC(=O)OC(CCCCCCCCCCCC)CC(=O)O. The van der Waals surface area contributed by atoms with Gasteiger partial charge >= 0.3 is 11.9 Å². The van der Waals surface area contributed by atoms with Gasteiger partial charge in [-0.15, -0.1) is 0 Å². The Labute approximate surface area is 134 Å². The van der Waals surface area contributed by atoms with E-state index in [4.69, 9.17) is 9.84 Å². The monoisotopic (exact) mass is 312 g/mol. The Morgan fingerprint density at radius 2 is 1.50 bits per heavy atom. The lowest BCUT2D eigenvalue weighted by atomic mass is 10.0. The van der Waals surface area contributed by atoms with Gasteiger partial charge in [0.2, 0.25) is 0 Å². The van der Waals surface area contributed by atoms with Crippen LogP contribution >= 0.6 is 0 Å². The minimum atomic E-state index is -0.936. The molecule has 0 bridgehead atoms. The van der Waals surface area contributed by atoms with Crippen LogP contribution in [0.1, 0.15) is 84.0 Å². The summed E-state index contributed by atoms with van der Waals surface area (Å²) in [5.41, 5.74) is 0. The summed E-state index contributed by atoms with van der Waals surface area (Å²) in [7, 11) is 0. The van der Waals surface area contributed by atoms with Crippen molar-refractivity contribution in [2.45, 2.75) is 90.1 Å². The minimum absolute atomic E-state index is 0.128. The van der Waals surface area contributed by atoms with Crippen molar-refractivity contribution in [3.63, 3.8) is 0 Å². The van der Waals surface area contributed by atoms with Crippen molar-refractivity contribution in [1.82, 2.24) is 0 Å². The predicted octanol–water partition coefficient (Wildman–Crippen LogP) is 4.87. The molecule has 128 valence electrons. The number of carbonyl (C=O) groups excluding carboxylic acids is 1. The first-order chi connectivity index (χ1) is 10.6. The molecule has 1 N–H and O–H groups in total. The lowest BCUT2D eigenvalue weighted by Crippen LogP contribution is -2.20. The number of aliphatic carboxylic acids is 1. The Hall–Kier alpha value is -1.32. The van der Waals surface area contributed by atoms with Crippen LogP contribution in [0.25, 0.3) is 0 Å². The van der Waals surface area contributed by atoms with Crippen molar-refractivity contribution in [2.75, 3.05) is 0 Å². The van der Waals surface area contributed by atoms with E-state index in [9.17, 15) is 9.59 Å². The van der Waals surface area contributed by atoms with Gasteiger partial charge in [0.15, 0.2) is 0 Å². The topological polar surface area (TPSA) is 63.6 Å². The van der Waals surface area contributed by atoms with Gasteiger partial charge in [-0.05, 0) is 12.8 Å². The van der Waals surface area contributed by atoms with Crippen molar-refractivity contribution in [3.05, 3.63) is 12.7 Å². The first-order valence-electron chi connectivity index (χ1n) is 8.65. The largest absolute Gasteiger partial charge is 0.481 e. The second-order valence-corrected chi connectivity index (χ2v) is 5.83. The maximum absolute atomic E-state index is 11.2. The average Bonchev–Trinajstić information content (AvgIpc) is 2.48. The van der Waals surface area contributed by atoms with Gasteiger partial charge in [-0.2, -0.15) is 0 Å². The number of ether oxygens (including phenoxy) is 1. The molecule has 0 aromatic carbocycles. The summed E-state index contributed by atoms with van der Waals surface area (Å²) in [6.45, 7) is 5.55. The van der Waals surface area contributed by atoms with Gasteiger partial charge in [0.1, 0.15) is 6.10 Å². The van der Waals surface area contributed by atoms with E-state index in [-0.39, 0.29) is 6.42 Å². The number of rotatable bonds is 15. The summed E-state index contributed by atoms with van der Waals surface area (Å²) in [6.07, 6.45) is 13.3. The van der Waals surface area contributed by atoms with Crippen molar-refractivity contribution >= 4 is 11.9 Å². The second-order valence-electron chi connectivity index (χ2n) is 5.83. The lowest BCUT2D eigenvalue weighted by Gasteiger charge is -2.14. The Morgan fingerprint density at radius 3 is 1.95 bits per heavy atom. The van der Waals surface area contributed by atoms with E-state index in [1.54, 1.807) is 0 Å². The van der Waals surface area contributed by atoms with Gasteiger partial charge in [0, 0.05) is 6.08 Å². The summed E-state index contributed by atoms with van der Waals surface area (Å²) in [5.74, 6) is -1.48. The van der Waals surface area contributed by atoms with Crippen LogP contribution in [0.4, 0.5) is 0 Å². The standard InChI is InChI=1S/C18H32O4/c1-3-5-6-7-8-9-10-11-12-13-14-16(15-17(19)20)22-18(21)4-2/h4,16H,2-3,5-15H2,1H3,(H,19,20). The van der Waals surface area contributed by atoms with Crippen LogP contribution in [0, 0.1) is 0 Å². The molecule has 4 nitrogen and oxygen atoms in total. The lowest BCUT2D eigenvalue weighted by molar-refractivity contribution is -0.148. The number of carbonyl (C=O) groups is 2. The zero-order valence-electron chi connectivity index (χ0n) is 14.0. The normalized spacial score (nSPS) is 11.9. The van der Waals surface area contributed by atoms with Gasteiger partial charge in [0.05, 0.1) is 6.42 Å². The molecule has 4 heteroatoms. The maximum atomic E-state index is 11.2. The molecular weight excluding hydrogens is 280 g/mol. The number of hydrogen-bond acceptors (Lipinski definition) is 3. The molecule has 22 heavy (non-hydrogen) atoms. The molecule has 0 heterocycles. The Bertz CT molecular complexity index is 312. The third kappa shape index (κ3) is 13.7. The molecule has 0 aromatic heterocycles. The van der Waals surface area contributed by atoms with E-state index < -0.39 is 18.0 Å². The summed E-state index contributed by atoms with van der Waals surface area (Å²) < 4.78 is 5.06. The van der Waals surface area contributed by atoms with E-state index in [1.807, 2.05) is 0 Å². The van der Waals surface area contributed by atoms with E-state index in [0.717, 1.165) is 18.9 Å². The molecule has 0 aliphatic heterocycles. The van der Waals surface area contributed by atoms with Crippen molar-refractivity contribution < 1.29 is 19.4 Å². The highest BCUT2D eigenvalue weighted by Crippen LogP contribution is 2.14. The molecule has 0 aliphatic carbocycles. The molecule has 0 spiro atoms. The zero-order valence-corrected chi connectivity index (χ0v) is 14.0. The van der Waals surface area contributed by atoms with Gasteiger partial charge < -0.3 is 9.84 Å². The van der Waals surface area contributed by atoms with E-state index in [2.05, 4.69) is 13.5 Å². The van der Waals surface area contributed by atoms with Crippen LogP contribution in [0.5, 0.6) is 0 Å². The van der Waals surface area contributed by atoms with E-state index >= 15 is 0 Å². The van der Waals surface area contributed by atoms with Crippen molar-refractivity contribution in [3.8, 4) is 0 Å². The molecular formula is C18H32O4. The number of hydrogen-bond donors (Lipinski definition) is 1. The number of unbranched alkanes of at least 4 members (excludes halogenated alkanes) is 9. The molecule has 0 aromatic rings. The average molecular weight is 312 g/mol. The fraction of sp³-hybridized carbons (Fsp3) is 0.778. The molecule has 0 aliphatic rings. The van der Waals surface area contributed by atoms with Crippen molar-refractivity contribution in [2.24, 2.45) is 0 Å². The fourth-order valence-electron chi connectivity index (χ4n) is 2.47. The van der Waals surface area contributed by atoms with Crippen LogP contribution < -0.4 is 0 Å². The van der Waals surface area contributed by atoms with Crippen LogP contribution in [0.2, 0.25) is 0 Å². The zero-order chi connectivity index (χ0) is 16.6. The smallest absolute Gasteiger partial charge is 0.330 e. The molecule has 1 atom stereocenters. The second kappa shape index (κ2) is 14.6. The van der Waals surface area contributed by atoms with Gasteiger partial charge in [-0.25, -0.2) is 4.79 Å². The Kier molecular flexibility index (Phi) is 13.7. The number of carboxylic acids is 1. The third-order valence-corrected chi connectivity index (χ3v) is 3.73. The molecule has 1 unspecified atom stereocenters. The van der Waals surface area contributed by atoms with Crippen molar-refractivity contribution in [1.29, 1.82) is 0 Å². The first-order valence-corrected chi connectivity index (χ1v) is 8.65. The highest BCUT2D eigenvalue weighted by molar-refractivity contribution is 5.81. The summed E-state index contributed by atoms with van der Waals surface area (Å²) in [5, 5.41) is 8.81. The van der Waals surface area contributed by atoms with Crippen LogP contribution in [0.15, 0.2) is 12.7 Å². The summed E-state index contributed by atoms with van der Waals surface area (Å²) in [6, 6.07) is 0. The Balaban J connectivity index is 3.60. The van der Waals surface area contributed by atoms with E-state index in [0.29, 0.717) is 6.42 Å². The van der Waals surface area contributed by atoms with Crippen LogP contribution in [-0.2, 0) is 14.3 Å². The molecule has 0 rings (SSSR count). The van der Waals surface area contributed by atoms with Crippen LogP contribution in [0.3, 0.4) is 0 Å². The van der Waals surface area contributed by atoms with Gasteiger partial charge in [-0.3, -0.25) is 4.79 Å². The molecule has 0 fully saturated rings. The third-order valence-electron chi connectivity index (χ3n) is 3.73. The fourth-order valence-corrected chi connectivity index (χ4v) is 2.47. The summed E-state index contributed by atoms with van der Waals surface area (Å²) >= 11 is 0. The molecule has 0 amide bonds. The Morgan fingerprint density at radius 1 is 1.00 bits per heavy atom. The highest BCUT2D eigenvalue weighted by atomic mass is 16.5. The number of carboxylic acid groups (broad SMARTS) is 1.